The van der Waals surface area contributed by atoms with Gasteiger partial charge in [-0.15, -0.1) is 0 Å². The summed E-state index contributed by atoms with van der Waals surface area (Å²) in [5.74, 6) is 0.157. The Morgan fingerprint density at radius 1 is 1.29 bits per heavy atom. The van der Waals surface area contributed by atoms with E-state index < -0.39 is 0 Å². The predicted octanol–water partition coefficient (Wildman–Crippen LogP) is 2.44. The third kappa shape index (κ3) is 4.00. The molecule has 0 radical (unpaired) electrons. The van der Waals surface area contributed by atoms with Crippen LogP contribution in [-0.2, 0) is 16.1 Å². The third-order valence-corrected chi connectivity index (χ3v) is 4.46. The summed E-state index contributed by atoms with van der Waals surface area (Å²) < 4.78 is 7.69. The molecular formula is C18H24N4O2. The van der Waals surface area contributed by atoms with E-state index in [1.165, 1.54) is 0 Å². The van der Waals surface area contributed by atoms with E-state index >= 15 is 0 Å². The Morgan fingerprint density at radius 2 is 2.12 bits per heavy atom. The van der Waals surface area contributed by atoms with E-state index in [2.05, 4.69) is 10.1 Å². The van der Waals surface area contributed by atoms with Crippen molar-refractivity contribution in [3.8, 4) is 0 Å². The van der Waals surface area contributed by atoms with Gasteiger partial charge in [-0.25, -0.2) is 0 Å². The second-order valence-corrected chi connectivity index (χ2v) is 6.07. The van der Waals surface area contributed by atoms with Crippen LogP contribution in [0.15, 0.2) is 42.9 Å². The highest BCUT2D eigenvalue weighted by atomic mass is 16.5. The molecule has 0 bridgehead atoms. The van der Waals surface area contributed by atoms with Gasteiger partial charge in [0.25, 0.3) is 0 Å². The van der Waals surface area contributed by atoms with E-state index in [0.29, 0.717) is 6.61 Å². The molecule has 1 aliphatic rings. The Morgan fingerprint density at radius 3 is 2.75 bits per heavy atom. The zero-order valence-corrected chi connectivity index (χ0v) is 14.0. The number of ether oxygens (including phenoxy) is 1. The highest BCUT2D eigenvalue weighted by molar-refractivity contribution is 5.80. The van der Waals surface area contributed by atoms with Crippen LogP contribution in [0.2, 0.25) is 0 Å². The highest BCUT2D eigenvalue weighted by Gasteiger charge is 2.28. The number of piperidine rings is 1. The normalized spacial score (nSPS) is 17.0. The Kier molecular flexibility index (Phi) is 5.59. The minimum absolute atomic E-state index is 0.157. The predicted molar refractivity (Wildman–Crippen MR) is 90.2 cm³/mol. The monoisotopic (exact) mass is 328 g/mol. The smallest absolute Gasteiger partial charge is 0.247 e. The summed E-state index contributed by atoms with van der Waals surface area (Å²) in [4.78, 5) is 18.9. The van der Waals surface area contributed by atoms with Gasteiger partial charge >= 0.3 is 0 Å². The first kappa shape index (κ1) is 16.6. The van der Waals surface area contributed by atoms with Gasteiger partial charge in [0.15, 0.2) is 0 Å². The highest BCUT2D eigenvalue weighted by Crippen LogP contribution is 2.20. The molecule has 0 N–H and O–H groups in total. The molecule has 0 saturated carbocycles. The van der Waals surface area contributed by atoms with Crippen LogP contribution < -0.4 is 0 Å². The van der Waals surface area contributed by atoms with Gasteiger partial charge in [-0.3, -0.25) is 14.5 Å². The lowest BCUT2D eigenvalue weighted by Gasteiger charge is -2.34. The van der Waals surface area contributed by atoms with Crippen LogP contribution in [0.4, 0.5) is 0 Å². The van der Waals surface area contributed by atoms with Gasteiger partial charge in [-0.2, -0.15) is 5.10 Å². The van der Waals surface area contributed by atoms with Crippen LogP contribution in [0.1, 0.15) is 37.9 Å². The van der Waals surface area contributed by atoms with E-state index in [4.69, 9.17) is 4.74 Å². The molecule has 3 heterocycles. The summed E-state index contributed by atoms with van der Waals surface area (Å²) in [6.07, 6.45) is 8.03. The molecule has 0 spiro atoms. The van der Waals surface area contributed by atoms with E-state index in [1.54, 1.807) is 17.1 Å². The van der Waals surface area contributed by atoms with Gasteiger partial charge in [-0.05, 0) is 37.5 Å². The summed E-state index contributed by atoms with van der Waals surface area (Å²) >= 11 is 0. The number of carbonyl (C=O) groups excluding carboxylic acids is 1. The molecule has 128 valence electrons. The Bertz CT molecular complexity index is 622. The molecule has 0 aliphatic carbocycles. The lowest BCUT2D eigenvalue weighted by molar-refractivity contribution is -0.138. The van der Waals surface area contributed by atoms with Crippen molar-refractivity contribution >= 4 is 5.91 Å². The number of nitrogens with zero attached hydrogens (tertiary/aromatic N) is 4. The summed E-state index contributed by atoms with van der Waals surface area (Å²) in [6.45, 7) is 4.03. The number of carbonyl (C=O) groups is 1. The molecule has 0 aromatic carbocycles. The Balaban J connectivity index is 1.48. The molecular weight excluding hydrogens is 304 g/mol. The average Bonchev–Trinajstić information content (AvgIpc) is 3.16. The fourth-order valence-electron chi connectivity index (χ4n) is 3.08. The summed E-state index contributed by atoms with van der Waals surface area (Å²) in [5, 5.41) is 4.22. The van der Waals surface area contributed by atoms with Crippen molar-refractivity contribution in [1.82, 2.24) is 19.7 Å². The van der Waals surface area contributed by atoms with Gasteiger partial charge in [0.2, 0.25) is 5.91 Å². The van der Waals surface area contributed by atoms with Crippen molar-refractivity contribution in [2.45, 2.75) is 44.9 Å². The second-order valence-electron chi connectivity index (χ2n) is 6.07. The first-order valence-electron chi connectivity index (χ1n) is 8.57. The lowest BCUT2D eigenvalue weighted by Crippen LogP contribution is -2.44. The summed E-state index contributed by atoms with van der Waals surface area (Å²) in [6, 6.07) is 7.48. The van der Waals surface area contributed by atoms with Gasteiger partial charge in [0.1, 0.15) is 6.04 Å². The topological polar surface area (TPSA) is 60.3 Å². The molecule has 2 aromatic rings. The largest absolute Gasteiger partial charge is 0.372 e. The van der Waals surface area contributed by atoms with Crippen molar-refractivity contribution in [3.63, 3.8) is 0 Å². The molecule has 1 fully saturated rings. The zero-order chi connectivity index (χ0) is 16.8. The number of likely N-dealkylation sites (tertiary alicyclic amines) is 1. The summed E-state index contributed by atoms with van der Waals surface area (Å²) in [5.41, 5.74) is 0.945. The van der Waals surface area contributed by atoms with Crippen LogP contribution in [0.25, 0.3) is 0 Å². The fraction of sp³-hybridized carbons (Fsp3) is 0.500. The molecule has 2 aromatic heterocycles. The van der Waals surface area contributed by atoms with Crippen molar-refractivity contribution in [3.05, 3.63) is 48.5 Å². The minimum Gasteiger partial charge on any atom is -0.372 e. The molecule has 6 heteroatoms. The van der Waals surface area contributed by atoms with E-state index in [9.17, 15) is 4.79 Å². The molecule has 1 saturated heterocycles. The maximum atomic E-state index is 12.7. The van der Waals surface area contributed by atoms with E-state index in [1.807, 2.05) is 42.3 Å². The Labute approximate surface area is 142 Å². The molecule has 1 amide bonds. The number of rotatable bonds is 6. The fourth-order valence-corrected chi connectivity index (χ4v) is 3.08. The van der Waals surface area contributed by atoms with Crippen molar-refractivity contribution in [1.29, 1.82) is 0 Å². The van der Waals surface area contributed by atoms with Gasteiger partial charge < -0.3 is 9.64 Å². The maximum Gasteiger partial charge on any atom is 0.247 e. The van der Waals surface area contributed by atoms with Crippen molar-refractivity contribution < 1.29 is 9.53 Å². The zero-order valence-electron chi connectivity index (χ0n) is 14.0. The minimum atomic E-state index is -0.203. The number of amides is 1. The number of hydrogen-bond donors (Lipinski definition) is 0. The number of aromatic nitrogens is 3. The van der Waals surface area contributed by atoms with Crippen LogP contribution in [0.3, 0.4) is 0 Å². The number of pyridine rings is 1. The van der Waals surface area contributed by atoms with Crippen LogP contribution in [0.5, 0.6) is 0 Å². The van der Waals surface area contributed by atoms with E-state index in [0.717, 1.165) is 38.0 Å². The van der Waals surface area contributed by atoms with Crippen molar-refractivity contribution in [2.75, 3.05) is 13.1 Å². The molecule has 0 unspecified atom stereocenters. The summed E-state index contributed by atoms with van der Waals surface area (Å²) in [7, 11) is 0. The molecule has 24 heavy (non-hydrogen) atoms. The second kappa shape index (κ2) is 8.06. The molecule has 6 nitrogen and oxygen atoms in total. The lowest BCUT2D eigenvalue weighted by atomic mass is 10.1. The first-order valence-corrected chi connectivity index (χ1v) is 8.57. The quantitative estimate of drug-likeness (QED) is 0.817. The van der Waals surface area contributed by atoms with Gasteiger partial charge in [0, 0.05) is 31.7 Å². The maximum absolute atomic E-state index is 12.7. The van der Waals surface area contributed by atoms with Crippen molar-refractivity contribution in [2.24, 2.45) is 0 Å². The third-order valence-electron chi connectivity index (χ3n) is 4.46. The number of hydrogen-bond acceptors (Lipinski definition) is 4. The SMILES string of the molecule is CC[C@H](C(=O)N1CCC(OCc2ccccn2)CC1)n1cccn1. The first-order chi connectivity index (χ1) is 11.8. The molecule has 1 atom stereocenters. The van der Waals surface area contributed by atoms with Crippen LogP contribution >= 0.6 is 0 Å². The van der Waals surface area contributed by atoms with Gasteiger partial charge in [0.05, 0.1) is 18.4 Å². The Hall–Kier alpha value is -2.21. The van der Waals surface area contributed by atoms with Gasteiger partial charge in [-0.1, -0.05) is 13.0 Å². The van der Waals surface area contributed by atoms with E-state index in [-0.39, 0.29) is 18.1 Å². The van der Waals surface area contributed by atoms with Crippen LogP contribution in [-0.4, -0.2) is 44.8 Å². The van der Waals surface area contributed by atoms with Crippen LogP contribution in [0, 0.1) is 0 Å². The standard InChI is InChI=1S/C18H24N4O2/c1-2-17(22-11-5-10-20-22)18(23)21-12-7-16(8-13-21)24-14-15-6-3-4-9-19-15/h3-6,9-11,16-17H,2,7-8,12-14H2,1H3/t17-/m1/s1. The average molecular weight is 328 g/mol. The molecule has 3 rings (SSSR count). The molecule has 1 aliphatic heterocycles.